The third-order valence-electron chi connectivity index (χ3n) is 1.83. The molecule has 0 aliphatic heterocycles. The molecule has 0 aliphatic rings. The van der Waals surface area contributed by atoms with Gasteiger partial charge in [0.05, 0.1) is 0 Å². The molecule has 2 aromatic heterocycles. The number of amides is 1. The van der Waals surface area contributed by atoms with Crippen molar-refractivity contribution in [2.45, 2.75) is 13.3 Å². The highest BCUT2D eigenvalue weighted by molar-refractivity contribution is 7.14. The zero-order valence-electron chi connectivity index (χ0n) is 8.43. The van der Waals surface area contributed by atoms with Crippen LogP contribution in [0.1, 0.15) is 13.3 Å². The lowest BCUT2D eigenvalue weighted by atomic mass is 10.3. The van der Waals surface area contributed by atoms with Crippen LogP contribution < -0.4 is 11.1 Å². The molecule has 0 atom stereocenters. The number of nitrogen functional groups attached to an aromatic ring is 1. The number of nitrogens with two attached hydrogens (primary N) is 1. The summed E-state index contributed by atoms with van der Waals surface area (Å²) >= 11 is 1.29. The number of aromatic nitrogens is 3. The molecule has 0 bridgehead atoms. The van der Waals surface area contributed by atoms with Crippen LogP contribution in [-0.2, 0) is 4.79 Å². The third-order valence-corrected chi connectivity index (χ3v) is 2.59. The monoisotopic (exact) mass is 239 g/mol. The number of carbonyl (C=O) groups is 1. The Hall–Kier alpha value is -1.96. The average Bonchev–Trinajstić information content (AvgIpc) is 2.86. The summed E-state index contributed by atoms with van der Waals surface area (Å²) in [4.78, 5) is 15.3. The van der Waals surface area contributed by atoms with Crippen molar-refractivity contribution in [3.8, 4) is 11.4 Å². The summed E-state index contributed by atoms with van der Waals surface area (Å²) in [6.45, 7) is 1.77. The quantitative estimate of drug-likeness (QED) is 0.831. The van der Waals surface area contributed by atoms with Crippen molar-refractivity contribution >= 4 is 28.2 Å². The van der Waals surface area contributed by atoms with E-state index >= 15 is 0 Å². The number of anilines is 2. The number of carbonyl (C=O) groups excluding carboxylic acids is 1. The normalized spacial score (nSPS) is 10.3. The first-order valence-corrected chi connectivity index (χ1v) is 5.42. The van der Waals surface area contributed by atoms with Crippen molar-refractivity contribution in [1.29, 1.82) is 0 Å². The fraction of sp³-hybridized carbons (Fsp3) is 0.250. The van der Waals surface area contributed by atoms with Crippen LogP contribution >= 0.6 is 11.3 Å². The smallest absolute Gasteiger partial charge is 0.225 e. The average molecular weight is 239 g/mol. The first-order chi connectivity index (χ1) is 7.70. The summed E-state index contributed by atoms with van der Waals surface area (Å²) in [5.74, 6) is 0.0887. The molecule has 0 radical (unpaired) electrons. The standard InChI is InChI=1S/C8H9N5O2S/c1-2-5(14)11-8-10-4(3-16-8)6-7(9)13-15-12-6/h3H,2H2,1H3,(H2,9,13)(H,10,11,14). The second-order valence-electron chi connectivity index (χ2n) is 2.94. The fourth-order valence-electron chi connectivity index (χ4n) is 1.02. The van der Waals surface area contributed by atoms with Gasteiger partial charge in [-0.2, -0.15) is 0 Å². The number of nitrogens with zero attached hydrogens (tertiary/aromatic N) is 3. The van der Waals surface area contributed by atoms with Gasteiger partial charge in [0.2, 0.25) is 5.91 Å². The lowest BCUT2D eigenvalue weighted by molar-refractivity contribution is -0.115. The van der Waals surface area contributed by atoms with Gasteiger partial charge in [0.15, 0.2) is 16.6 Å². The van der Waals surface area contributed by atoms with Crippen LogP contribution in [0.4, 0.5) is 10.9 Å². The van der Waals surface area contributed by atoms with E-state index in [0.717, 1.165) is 0 Å². The summed E-state index contributed by atoms with van der Waals surface area (Å²) < 4.78 is 4.46. The highest BCUT2D eigenvalue weighted by Gasteiger charge is 2.13. The van der Waals surface area contributed by atoms with E-state index < -0.39 is 0 Å². The van der Waals surface area contributed by atoms with Crippen LogP contribution in [0.3, 0.4) is 0 Å². The Morgan fingerprint density at radius 2 is 2.44 bits per heavy atom. The van der Waals surface area contributed by atoms with Gasteiger partial charge in [-0.25, -0.2) is 9.61 Å². The Morgan fingerprint density at radius 3 is 3.06 bits per heavy atom. The van der Waals surface area contributed by atoms with Crippen molar-refractivity contribution in [1.82, 2.24) is 15.3 Å². The van der Waals surface area contributed by atoms with E-state index in [0.29, 0.717) is 22.9 Å². The summed E-state index contributed by atoms with van der Waals surface area (Å²) in [5, 5.41) is 11.9. The molecule has 3 N–H and O–H groups in total. The number of thiazole rings is 1. The van der Waals surface area contributed by atoms with E-state index in [4.69, 9.17) is 5.73 Å². The Kier molecular flexibility index (Phi) is 2.82. The Labute approximate surface area is 94.6 Å². The molecule has 8 heteroatoms. The lowest BCUT2D eigenvalue weighted by Gasteiger charge is -1.95. The van der Waals surface area contributed by atoms with E-state index in [1.54, 1.807) is 12.3 Å². The highest BCUT2D eigenvalue weighted by Crippen LogP contribution is 2.26. The highest BCUT2D eigenvalue weighted by atomic mass is 32.1. The van der Waals surface area contributed by atoms with Crippen LogP contribution in [0.5, 0.6) is 0 Å². The molecular weight excluding hydrogens is 230 g/mol. The minimum absolute atomic E-state index is 0.0906. The number of hydrogen-bond donors (Lipinski definition) is 2. The molecule has 0 spiro atoms. The van der Waals surface area contributed by atoms with Crippen molar-refractivity contribution in [3.63, 3.8) is 0 Å². The molecular formula is C8H9N5O2S. The van der Waals surface area contributed by atoms with E-state index in [2.05, 4.69) is 25.2 Å². The van der Waals surface area contributed by atoms with Crippen LogP contribution in [0, 0.1) is 0 Å². The van der Waals surface area contributed by atoms with Gasteiger partial charge in [0.1, 0.15) is 5.69 Å². The van der Waals surface area contributed by atoms with Gasteiger partial charge < -0.3 is 11.1 Å². The zero-order chi connectivity index (χ0) is 11.5. The maximum absolute atomic E-state index is 11.1. The first-order valence-electron chi connectivity index (χ1n) is 4.54. The third kappa shape index (κ3) is 2.01. The maximum atomic E-state index is 11.1. The Morgan fingerprint density at radius 1 is 1.62 bits per heavy atom. The Balaban J connectivity index is 2.20. The first kappa shape index (κ1) is 10.6. The van der Waals surface area contributed by atoms with Gasteiger partial charge >= 0.3 is 0 Å². The maximum Gasteiger partial charge on any atom is 0.225 e. The molecule has 0 fully saturated rings. The van der Waals surface area contributed by atoms with Crippen molar-refractivity contribution in [3.05, 3.63) is 5.38 Å². The minimum atomic E-state index is -0.0906. The predicted octanol–water partition coefficient (Wildman–Crippen LogP) is 1.12. The van der Waals surface area contributed by atoms with E-state index in [-0.39, 0.29) is 11.7 Å². The Bertz CT molecular complexity index is 506. The van der Waals surface area contributed by atoms with Crippen molar-refractivity contribution in [2.75, 3.05) is 11.1 Å². The molecule has 0 unspecified atom stereocenters. The fourth-order valence-corrected chi connectivity index (χ4v) is 1.73. The van der Waals surface area contributed by atoms with Gasteiger partial charge in [0.25, 0.3) is 0 Å². The second-order valence-corrected chi connectivity index (χ2v) is 3.80. The van der Waals surface area contributed by atoms with Crippen LogP contribution in [0.15, 0.2) is 10.0 Å². The summed E-state index contributed by atoms with van der Waals surface area (Å²) in [5.41, 5.74) is 6.44. The summed E-state index contributed by atoms with van der Waals surface area (Å²) in [7, 11) is 0. The van der Waals surface area contributed by atoms with Crippen LogP contribution in [0.2, 0.25) is 0 Å². The van der Waals surface area contributed by atoms with Crippen molar-refractivity contribution in [2.24, 2.45) is 0 Å². The topological polar surface area (TPSA) is 107 Å². The molecule has 0 aliphatic carbocycles. The number of rotatable bonds is 3. The zero-order valence-corrected chi connectivity index (χ0v) is 9.24. The predicted molar refractivity (Wildman–Crippen MR) is 58.7 cm³/mol. The van der Waals surface area contributed by atoms with E-state index in [1.165, 1.54) is 11.3 Å². The summed E-state index contributed by atoms with van der Waals surface area (Å²) in [6.07, 6.45) is 0.405. The molecule has 16 heavy (non-hydrogen) atoms. The van der Waals surface area contributed by atoms with Gasteiger partial charge in [0, 0.05) is 11.8 Å². The van der Waals surface area contributed by atoms with Crippen LogP contribution in [-0.4, -0.2) is 21.2 Å². The molecule has 1 amide bonds. The SMILES string of the molecule is CCC(=O)Nc1nc(-c2nonc2N)cs1. The molecule has 2 heterocycles. The van der Waals surface area contributed by atoms with Gasteiger partial charge in [-0.1, -0.05) is 6.92 Å². The minimum Gasteiger partial charge on any atom is -0.379 e. The van der Waals surface area contributed by atoms with E-state index in [1.807, 2.05) is 0 Å². The molecule has 84 valence electrons. The molecule has 7 nitrogen and oxygen atoms in total. The van der Waals surface area contributed by atoms with Crippen LogP contribution in [0.25, 0.3) is 11.4 Å². The molecule has 2 aromatic rings. The summed E-state index contributed by atoms with van der Waals surface area (Å²) in [6, 6.07) is 0. The molecule has 0 aromatic carbocycles. The molecule has 0 saturated carbocycles. The van der Waals surface area contributed by atoms with Gasteiger partial charge in [-0.05, 0) is 10.3 Å². The van der Waals surface area contributed by atoms with E-state index in [9.17, 15) is 4.79 Å². The largest absolute Gasteiger partial charge is 0.379 e. The van der Waals surface area contributed by atoms with Crippen molar-refractivity contribution < 1.29 is 9.42 Å². The molecule has 0 saturated heterocycles. The molecule has 2 rings (SSSR count). The number of hydrogen-bond acceptors (Lipinski definition) is 7. The van der Waals surface area contributed by atoms with Gasteiger partial charge in [-0.3, -0.25) is 4.79 Å². The lowest BCUT2D eigenvalue weighted by Crippen LogP contribution is -2.08. The number of nitrogens with one attached hydrogen (secondary N) is 1. The van der Waals surface area contributed by atoms with Gasteiger partial charge in [-0.15, -0.1) is 11.3 Å². The second kappa shape index (κ2) is 4.27.